The Morgan fingerprint density at radius 2 is 1.79 bits per heavy atom. The minimum Gasteiger partial charge on any atom is -0.312 e. The maximum absolute atomic E-state index is 3.91. The second-order valence-electron chi connectivity index (χ2n) is 6.99. The molecule has 19 heavy (non-hydrogen) atoms. The summed E-state index contributed by atoms with van der Waals surface area (Å²) in [4.78, 5) is 4.96. The van der Waals surface area contributed by atoms with Crippen LogP contribution < -0.4 is 5.32 Å². The van der Waals surface area contributed by atoms with Gasteiger partial charge in [-0.3, -0.25) is 0 Å². The van der Waals surface area contributed by atoms with Gasteiger partial charge in [-0.1, -0.05) is 19.3 Å². The van der Waals surface area contributed by atoms with E-state index in [4.69, 9.17) is 0 Å². The van der Waals surface area contributed by atoms with Crippen molar-refractivity contribution in [1.29, 1.82) is 0 Å². The molecule has 1 aliphatic carbocycles. The summed E-state index contributed by atoms with van der Waals surface area (Å²) >= 11 is 0. The van der Waals surface area contributed by atoms with Crippen LogP contribution in [0.25, 0.3) is 0 Å². The molecule has 2 fully saturated rings. The lowest BCUT2D eigenvalue weighted by Crippen LogP contribution is -2.54. The van der Waals surface area contributed by atoms with Gasteiger partial charge >= 0.3 is 0 Å². The Hall–Kier alpha value is -0.120. The average molecular weight is 267 g/mol. The molecule has 112 valence electrons. The summed E-state index contributed by atoms with van der Waals surface area (Å²) in [5.41, 5.74) is 0.427. The number of nitrogens with one attached hydrogen (secondary N) is 1. The van der Waals surface area contributed by atoms with E-state index in [9.17, 15) is 0 Å². The van der Waals surface area contributed by atoms with Crippen LogP contribution >= 0.6 is 0 Å². The molecule has 1 N–H and O–H groups in total. The van der Waals surface area contributed by atoms with Crippen molar-refractivity contribution in [2.45, 2.75) is 62.9 Å². The van der Waals surface area contributed by atoms with Gasteiger partial charge in [0, 0.05) is 18.1 Å². The van der Waals surface area contributed by atoms with E-state index in [0.29, 0.717) is 5.54 Å². The number of rotatable bonds is 4. The molecule has 1 unspecified atom stereocenters. The van der Waals surface area contributed by atoms with Crippen LogP contribution in [0.2, 0.25) is 0 Å². The first-order valence-electron chi connectivity index (χ1n) is 8.22. The Bertz CT molecular complexity index is 259. The van der Waals surface area contributed by atoms with Gasteiger partial charge in [0.1, 0.15) is 0 Å². The Morgan fingerprint density at radius 1 is 1.05 bits per heavy atom. The molecule has 0 aromatic rings. The second-order valence-corrected chi connectivity index (χ2v) is 6.99. The minimum absolute atomic E-state index is 0.427. The van der Waals surface area contributed by atoms with E-state index >= 15 is 0 Å². The van der Waals surface area contributed by atoms with E-state index in [1.165, 1.54) is 71.0 Å². The summed E-state index contributed by atoms with van der Waals surface area (Å²) in [6, 6.07) is 0.740. The smallest absolute Gasteiger partial charge is 0.0327 e. The van der Waals surface area contributed by atoms with Gasteiger partial charge in [0.25, 0.3) is 0 Å². The third kappa shape index (κ3) is 4.17. The second kappa shape index (κ2) is 7.05. The largest absolute Gasteiger partial charge is 0.312 e. The van der Waals surface area contributed by atoms with Crippen molar-refractivity contribution in [3.8, 4) is 0 Å². The Labute approximate surface area is 119 Å². The lowest BCUT2D eigenvalue weighted by atomic mass is 9.80. The van der Waals surface area contributed by atoms with Gasteiger partial charge in [-0.25, -0.2) is 0 Å². The molecule has 1 heterocycles. The van der Waals surface area contributed by atoms with Gasteiger partial charge < -0.3 is 15.1 Å². The Balaban J connectivity index is 1.84. The lowest BCUT2D eigenvalue weighted by Gasteiger charge is -2.44. The fourth-order valence-corrected chi connectivity index (χ4v) is 3.77. The fourth-order valence-electron chi connectivity index (χ4n) is 3.77. The minimum atomic E-state index is 0.427. The van der Waals surface area contributed by atoms with Crippen LogP contribution in [0.4, 0.5) is 0 Å². The molecule has 2 rings (SSSR count). The van der Waals surface area contributed by atoms with Crippen LogP contribution in [0.3, 0.4) is 0 Å². The van der Waals surface area contributed by atoms with Crippen LogP contribution in [0.1, 0.15) is 51.4 Å². The molecular formula is C16H33N3. The molecule has 3 nitrogen and oxygen atoms in total. The first-order chi connectivity index (χ1) is 9.12. The SMILES string of the molecule is CN1CCCC(NCC2(N(C)C)CCCCC2)CC1. The summed E-state index contributed by atoms with van der Waals surface area (Å²) in [5, 5.41) is 3.91. The summed E-state index contributed by atoms with van der Waals surface area (Å²) in [7, 11) is 6.80. The van der Waals surface area contributed by atoms with Gasteiger partial charge in [-0.2, -0.15) is 0 Å². The molecule has 0 amide bonds. The molecule has 0 radical (unpaired) electrons. The molecule has 0 aromatic heterocycles. The van der Waals surface area contributed by atoms with Crippen LogP contribution in [0.5, 0.6) is 0 Å². The molecular weight excluding hydrogens is 234 g/mol. The van der Waals surface area contributed by atoms with Crippen molar-refractivity contribution >= 4 is 0 Å². The van der Waals surface area contributed by atoms with Gasteiger partial charge in [0.2, 0.25) is 0 Å². The third-order valence-corrected chi connectivity index (χ3v) is 5.40. The number of likely N-dealkylation sites (N-methyl/N-ethyl adjacent to an activating group) is 1. The van der Waals surface area contributed by atoms with Crippen molar-refractivity contribution in [2.24, 2.45) is 0 Å². The monoisotopic (exact) mass is 267 g/mol. The van der Waals surface area contributed by atoms with E-state index in [1.54, 1.807) is 0 Å². The highest BCUT2D eigenvalue weighted by Gasteiger charge is 2.34. The molecule has 0 spiro atoms. The van der Waals surface area contributed by atoms with Crippen LogP contribution in [-0.4, -0.2) is 62.2 Å². The highest BCUT2D eigenvalue weighted by Crippen LogP contribution is 2.31. The molecule has 2 aliphatic rings. The molecule has 1 atom stereocenters. The number of likely N-dealkylation sites (tertiary alicyclic amines) is 1. The van der Waals surface area contributed by atoms with Gasteiger partial charge in [0.05, 0.1) is 0 Å². The van der Waals surface area contributed by atoms with E-state index in [1.807, 2.05) is 0 Å². The zero-order valence-corrected chi connectivity index (χ0v) is 13.2. The van der Waals surface area contributed by atoms with Gasteiger partial charge in [0.15, 0.2) is 0 Å². The molecule has 0 aromatic carbocycles. The van der Waals surface area contributed by atoms with Crippen molar-refractivity contribution < 1.29 is 0 Å². The van der Waals surface area contributed by atoms with Crippen molar-refractivity contribution in [3.05, 3.63) is 0 Å². The number of hydrogen-bond acceptors (Lipinski definition) is 3. The zero-order chi connectivity index (χ0) is 13.7. The molecule has 1 aliphatic heterocycles. The molecule has 3 heteroatoms. The first-order valence-corrected chi connectivity index (χ1v) is 8.22. The molecule has 1 saturated heterocycles. The Kier molecular flexibility index (Phi) is 5.67. The van der Waals surface area contributed by atoms with Crippen molar-refractivity contribution in [2.75, 3.05) is 40.8 Å². The summed E-state index contributed by atoms with van der Waals surface area (Å²) in [6.07, 6.45) is 11.0. The number of hydrogen-bond donors (Lipinski definition) is 1. The predicted octanol–water partition coefficient (Wildman–Crippen LogP) is 2.32. The standard InChI is InChI=1S/C16H33N3/c1-18(2)16(10-5-4-6-11-16)14-17-15-8-7-12-19(3)13-9-15/h15,17H,4-14H2,1-3H3. The summed E-state index contributed by atoms with van der Waals surface area (Å²) in [6.45, 7) is 3.72. The van der Waals surface area contributed by atoms with E-state index in [0.717, 1.165) is 6.04 Å². The van der Waals surface area contributed by atoms with Gasteiger partial charge in [-0.15, -0.1) is 0 Å². The Morgan fingerprint density at radius 3 is 2.47 bits per heavy atom. The highest BCUT2D eigenvalue weighted by atomic mass is 15.2. The van der Waals surface area contributed by atoms with Crippen molar-refractivity contribution in [3.63, 3.8) is 0 Å². The van der Waals surface area contributed by atoms with Crippen LogP contribution in [0.15, 0.2) is 0 Å². The highest BCUT2D eigenvalue weighted by molar-refractivity contribution is 4.93. The maximum atomic E-state index is 3.91. The first kappa shape index (κ1) is 15.3. The third-order valence-electron chi connectivity index (χ3n) is 5.40. The topological polar surface area (TPSA) is 18.5 Å². The van der Waals surface area contributed by atoms with Crippen LogP contribution in [-0.2, 0) is 0 Å². The van der Waals surface area contributed by atoms with E-state index < -0.39 is 0 Å². The van der Waals surface area contributed by atoms with Gasteiger partial charge in [-0.05, 0) is 66.3 Å². The van der Waals surface area contributed by atoms with Crippen molar-refractivity contribution in [1.82, 2.24) is 15.1 Å². The molecule has 1 saturated carbocycles. The average Bonchev–Trinajstić information content (AvgIpc) is 2.62. The lowest BCUT2D eigenvalue weighted by molar-refractivity contribution is 0.0944. The quantitative estimate of drug-likeness (QED) is 0.843. The zero-order valence-electron chi connectivity index (χ0n) is 13.2. The number of nitrogens with zero attached hydrogens (tertiary/aromatic N) is 2. The maximum Gasteiger partial charge on any atom is 0.0327 e. The van der Waals surface area contributed by atoms with E-state index in [-0.39, 0.29) is 0 Å². The summed E-state index contributed by atoms with van der Waals surface area (Å²) < 4.78 is 0. The summed E-state index contributed by atoms with van der Waals surface area (Å²) in [5.74, 6) is 0. The van der Waals surface area contributed by atoms with E-state index in [2.05, 4.69) is 36.3 Å². The predicted molar refractivity (Wildman–Crippen MR) is 82.6 cm³/mol. The normalized spacial score (nSPS) is 29.4. The van der Waals surface area contributed by atoms with Crippen LogP contribution in [0, 0.1) is 0 Å². The fraction of sp³-hybridized carbons (Fsp3) is 1.00. The molecule has 0 bridgehead atoms.